The van der Waals surface area contributed by atoms with Gasteiger partial charge in [0.1, 0.15) is 12.0 Å². The number of rotatable bonds is 2. The molecule has 0 radical (unpaired) electrons. The smallest absolute Gasteiger partial charge is 0.119 e. The molecule has 1 aliphatic rings. The number of ether oxygens (including phenoxy) is 1. The molecule has 2 unspecified atom stereocenters. The molecule has 1 aromatic rings. The van der Waals surface area contributed by atoms with Gasteiger partial charge in [-0.15, -0.1) is 0 Å². The van der Waals surface area contributed by atoms with E-state index in [0.717, 1.165) is 24.2 Å². The minimum atomic E-state index is -0.761. The first-order chi connectivity index (χ1) is 6.72. The molecule has 0 aliphatic heterocycles. The van der Waals surface area contributed by atoms with Crippen molar-refractivity contribution in [2.24, 2.45) is 5.73 Å². The van der Waals surface area contributed by atoms with E-state index >= 15 is 0 Å². The van der Waals surface area contributed by atoms with Gasteiger partial charge in [-0.3, -0.25) is 0 Å². The van der Waals surface area contributed by atoms with E-state index in [1.807, 2.05) is 12.1 Å². The molecule has 0 fully saturated rings. The Morgan fingerprint density at radius 1 is 1.57 bits per heavy atom. The van der Waals surface area contributed by atoms with Crippen molar-refractivity contribution < 1.29 is 9.84 Å². The van der Waals surface area contributed by atoms with Crippen LogP contribution in [0.4, 0.5) is 0 Å². The molecule has 3 heteroatoms. The Morgan fingerprint density at radius 3 is 3.00 bits per heavy atom. The van der Waals surface area contributed by atoms with Crippen LogP contribution in [0.3, 0.4) is 0 Å². The standard InChI is InChI=1S/C11H15NO2/c1-14-8-4-2-7-3-5-9(11(12)13)10(7)6-8/h2,4,6,9,11,13H,3,5,12H2,1H3. The summed E-state index contributed by atoms with van der Waals surface area (Å²) in [6, 6.07) is 5.98. The summed E-state index contributed by atoms with van der Waals surface area (Å²) in [6.07, 6.45) is 1.17. The van der Waals surface area contributed by atoms with E-state index in [0.29, 0.717) is 0 Å². The second kappa shape index (κ2) is 3.59. The number of fused-ring (bicyclic) bond motifs is 1. The summed E-state index contributed by atoms with van der Waals surface area (Å²) in [5, 5.41) is 9.40. The maximum atomic E-state index is 9.40. The van der Waals surface area contributed by atoms with Gasteiger partial charge >= 0.3 is 0 Å². The minimum absolute atomic E-state index is 0.0695. The molecule has 2 rings (SSSR count). The summed E-state index contributed by atoms with van der Waals surface area (Å²) in [6.45, 7) is 0. The summed E-state index contributed by atoms with van der Waals surface area (Å²) >= 11 is 0. The third-order valence-corrected chi connectivity index (χ3v) is 2.89. The number of benzene rings is 1. The van der Waals surface area contributed by atoms with Crippen LogP contribution in [0.25, 0.3) is 0 Å². The van der Waals surface area contributed by atoms with Crippen molar-refractivity contribution >= 4 is 0 Å². The summed E-state index contributed by atoms with van der Waals surface area (Å²) in [5.41, 5.74) is 7.94. The number of aliphatic hydroxyl groups excluding tert-OH is 1. The molecular formula is C11H15NO2. The van der Waals surface area contributed by atoms with Gasteiger partial charge in [-0.1, -0.05) is 6.07 Å². The average Bonchev–Trinajstić information content (AvgIpc) is 2.59. The predicted octanol–water partition coefficient (Wildman–Crippen LogP) is 1.00. The van der Waals surface area contributed by atoms with E-state index in [1.165, 1.54) is 5.56 Å². The Kier molecular flexibility index (Phi) is 2.44. The van der Waals surface area contributed by atoms with Gasteiger partial charge in [-0.2, -0.15) is 0 Å². The van der Waals surface area contributed by atoms with Crippen molar-refractivity contribution in [3.63, 3.8) is 0 Å². The van der Waals surface area contributed by atoms with Crippen molar-refractivity contribution in [1.29, 1.82) is 0 Å². The number of hydrogen-bond donors (Lipinski definition) is 2. The Bertz CT molecular complexity index is 336. The molecule has 2 atom stereocenters. The lowest BCUT2D eigenvalue weighted by Crippen LogP contribution is -2.26. The molecule has 0 saturated carbocycles. The van der Waals surface area contributed by atoms with Gasteiger partial charge in [0, 0.05) is 5.92 Å². The van der Waals surface area contributed by atoms with Crippen molar-refractivity contribution in [3.8, 4) is 5.75 Å². The molecule has 0 aromatic heterocycles. The van der Waals surface area contributed by atoms with E-state index < -0.39 is 6.23 Å². The number of methoxy groups -OCH3 is 1. The van der Waals surface area contributed by atoms with Crippen molar-refractivity contribution in [3.05, 3.63) is 29.3 Å². The molecule has 1 aromatic carbocycles. The fourth-order valence-corrected chi connectivity index (χ4v) is 2.09. The highest BCUT2D eigenvalue weighted by atomic mass is 16.5. The van der Waals surface area contributed by atoms with Gasteiger partial charge in [-0.25, -0.2) is 0 Å². The van der Waals surface area contributed by atoms with Gasteiger partial charge in [-0.05, 0) is 36.1 Å². The molecule has 0 amide bonds. The summed E-state index contributed by atoms with van der Waals surface area (Å²) < 4.78 is 5.15. The zero-order chi connectivity index (χ0) is 10.1. The van der Waals surface area contributed by atoms with E-state index in [9.17, 15) is 5.11 Å². The van der Waals surface area contributed by atoms with Crippen LogP contribution in [0, 0.1) is 0 Å². The van der Waals surface area contributed by atoms with Crippen LogP contribution in [0.5, 0.6) is 5.75 Å². The molecule has 0 bridgehead atoms. The lowest BCUT2D eigenvalue weighted by molar-refractivity contribution is 0.150. The Balaban J connectivity index is 2.37. The van der Waals surface area contributed by atoms with Crippen LogP contribution >= 0.6 is 0 Å². The van der Waals surface area contributed by atoms with E-state index in [4.69, 9.17) is 10.5 Å². The lowest BCUT2D eigenvalue weighted by Gasteiger charge is -2.15. The first-order valence-electron chi connectivity index (χ1n) is 4.83. The van der Waals surface area contributed by atoms with E-state index in [-0.39, 0.29) is 5.92 Å². The SMILES string of the molecule is COc1ccc2c(c1)C(C(N)O)CC2. The average molecular weight is 193 g/mol. The zero-order valence-corrected chi connectivity index (χ0v) is 8.23. The van der Waals surface area contributed by atoms with Gasteiger partial charge in [0.15, 0.2) is 0 Å². The van der Waals surface area contributed by atoms with E-state index in [1.54, 1.807) is 7.11 Å². The minimum Gasteiger partial charge on any atom is -0.497 e. The van der Waals surface area contributed by atoms with Gasteiger partial charge in [0.2, 0.25) is 0 Å². The fourth-order valence-electron chi connectivity index (χ4n) is 2.09. The van der Waals surface area contributed by atoms with Crippen LogP contribution in [-0.4, -0.2) is 18.4 Å². The van der Waals surface area contributed by atoms with Crippen LogP contribution in [0.1, 0.15) is 23.5 Å². The molecule has 0 heterocycles. The second-order valence-electron chi connectivity index (χ2n) is 3.70. The topological polar surface area (TPSA) is 55.5 Å². The Morgan fingerprint density at radius 2 is 2.36 bits per heavy atom. The predicted molar refractivity (Wildman–Crippen MR) is 54.3 cm³/mol. The van der Waals surface area contributed by atoms with Crippen LogP contribution < -0.4 is 10.5 Å². The first-order valence-corrected chi connectivity index (χ1v) is 4.83. The maximum Gasteiger partial charge on any atom is 0.119 e. The highest BCUT2D eigenvalue weighted by Crippen LogP contribution is 2.36. The van der Waals surface area contributed by atoms with Crippen molar-refractivity contribution in [2.75, 3.05) is 7.11 Å². The highest BCUT2D eigenvalue weighted by Gasteiger charge is 2.26. The quantitative estimate of drug-likeness (QED) is 0.689. The number of nitrogens with two attached hydrogens (primary N) is 1. The van der Waals surface area contributed by atoms with Gasteiger partial charge in [0.05, 0.1) is 7.11 Å². The number of aliphatic hydroxyl groups is 1. The first kappa shape index (κ1) is 9.49. The molecule has 14 heavy (non-hydrogen) atoms. The van der Waals surface area contributed by atoms with Crippen LogP contribution in [-0.2, 0) is 6.42 Å². The van der Waals surface area contributed by atoms with Crippen LogP contribution in [0.2, 0.25) is 0 Å². The molecule has 3 N–H and O–H groups in total. The van der Waals surface area contributed by atoms with E-state index in [2.05, 4.69) is 6.07 Å². The Hall–Kier alpha value is -1.06. The highest BCUT2D eigenvalue weighted by molar-refractivity contribution is 5.41. The fraction of sp³-hybridized carbons (Fsp3) is 0.455. The van der Waals surface area contributed by atoms with Crippen molar-refractivity contribution in [2.45, 2.75) is 25.0 Å². The zero-order valence-electron chi connectivity index (χ0n) is 8.23. The van der Waals surface area contributed by atoms with Gasteiger partial charge < -0.3 is 15.6 Å². The number of hydrogen-bond acceptors (Lipinski definition) is 3. The molecule has 0 spiro atoms. The third-order valence-electron chi connectivity index (χ3n) is 2.89. The monoisotopic (exact) mass is 193 g/mol. The molecule has 0 saturated heterocycles. The lowest BCUT2D eigenvalue weighted by atomic mass is 10.00. The molecule has 76 valence electrons. The van der Waals surface area contributed by atoms with Gasteiger partial charge in [0.25, 0.3) is 0 Å². The second-order valence-corrected chi connectivity index (χ2v) is 3.70. The normalized spacial score (nSPS) is 21.8. The molecule has 3 nitrogen and oxygen atoms in total. The third kappa shape index (κ3) is 1.49. The summed E-state index contributed by atoms with van der Waals surface area (Å²) in [5.74, 6) is 0.899. The summed E-state index contributed by atoms with van der Waals surface area (Å²) in [4.78, 5) is 0. The van der Waals surface area contributed by atoms with Crippen LogP contribution in [0.15, 0.2) is 18.2 Å². The maximum absolute atomic E-state index is 9.40. The molecule has 1 aliphatic carbocycles. The Labute approximate surface area is 83.5 Å². The molecular weight excluding hydrogens is 178 g/mol. The summed E-state index contributed by atoms with van der Waals surface area (Å²) in [7, 11) is 1.64. The number of aryl methyl sites for hydroxylation is 1. The van der Waals surface area contributed by atoms with Crippen molar-refractivity contribution in [1.82, 2.24) is 0 Å². The largest absolute Gasteiger partial charge is 0.497 e.